The zero-order valence-electron chi connectivity index (χ0n) is 19.2. The van der Waals surface area contributed by atoms with Crippen LogP contribution in [-0.4, -0.2) is 4.51 Å². The Labute approximate surface area is 227 Å². The van der Waals surface area contributed by atoms with Crippen molar-refractivity contribution < 1.29 is 45.8 Å². The molecule has 0 saturated heterocycles. The summed E-state index contributed by atoms with van der Waals surface area (Å²) in [5.41, 5.74) is 2.53. The molecule has 35 heavy (non-hydrogen) atoms. The maximum absolute atomic E-state index is 2.64. The Morgan fingerprint density at radius 2 is 1.03 bits per heavy atom. The van der Waals surface area contributed by atoms with Gasteiger partial charge in [-0.15, -0.1) is 0 Å². The Morgan fingerprint density at radius 3 is 1.49 bits per heavy atom. The largest absolute Gasteiger partial charge is 1.00 e. The molecule has 2 aliphatic carbocycles. The van der Waals surface area contributed by atoms with E-state index < -0.39 is 21.0 Å². The third-order valence-electron chi connectivity index (χ3n) is 6.54. The molecular weight excluding hydrogens is 547 g/mol. The monoisotopic (exact) mass is 569 g/mol. The molecule has 0 aromatic heterocycles. The number of hydrogen-bond donors (Lipinski definition) is 0. The number of hydrogen-bond acceptors (Lipinski definition) is 1. The Kier molecular flexibility index (Phi) is 8.55. The summed E-state index contributed by atoms with van der Waals surface area (Å²) < 4.78 is 5.94. The molecule has 0 saturated carbocycles. The van der Waals surface area contributed by atoms with Crippen molar-refractivity contribution in [3.05, 3.63) is 128 Å². The first-order valence-electron chi connectivity index (χ1n) is 11.6. The topological polar surface area (TPSA) is 3.24 Å². The SMILES string of the molecule is [B](N(c1cccc2ccccc12)c1cccc2ccccc12)=[Zr+2]([C]1=CC=CC1)[C]1=CC=CC1.[Cl-].[Cl-]. The van der Waals surface area contributed by atoms with Gasteiger partial charge in [-0.2, -0.15) is 0 Å². The van der Waals surface area contributed by atoms with Crippen LogP contribution in [0.4, 0.5) is 11.4 Å². The Morgan fingerprint density at radius 1 is 0.571 bits per heavy atom. The van der Waals surface area contributed by atoms with Gasteiger partial charge >= 0.3 is 204 Å². The van der Waals surface area contributed by atoms with Crippen LogP contribution in [0, 0.1) is 0 Å². The average molecular weight is 571 g/mol. The van der Waals surface area contributed by atoms with Crippen LogP contribution >= 0.6 is 0 Å². The van der Waals surface area contributed by atoms with E-state index in [1.54, 1.807) is 6.56 Å². The van der Waals surface area contributed by atoms with Crippen LogP contribution in [0.2, 0.25) is 0 Å². The molecule has 6 rings (SSSR count). The molecular formula is C30H24BCl2NZr. The third-order valence-corrected chi connectivity index (χ3v) is 13.0. The molecule has 4 aromatic rings. The van der Waals surface area contributed by atoms with Gasteiger partial charge in [0.15, 0.2) is 0 Å². The van der Waals surface area contributed by atoms with E-state index >= 15 is 0 Å². The number of nitrogens with zero attached hydrogens (tertiary/aromatic N) is 1. The molecule has 0 bridgehead atoms. The number of benzene rings is 4. The molecule has 1 nitrogen and oxygen atoms in total. The first kappa shape index (κ1) is 25.8. The Bertz CT molecular complexity index is 1410. The molecule has 4 aromatic carbocycles. The van der Waals surface area contributed by atoms with Gasteiger partial charge in [-0.25, -0.2) is 0 Å². The summed E-state index contributed by atoms with van der Waals surface area (Å²) in [5, 5.41) is 5.15. The van der Waals surface area contributed by atoms with Crippen LogP contribution in [0.5, 0.6) is 0 Å². The predicted octanol–water partition coefficient (Wildman–Crippen LogP) is 1.98. The second kappa shape index (κ2) is 11.6. The number of halogens is 2. The quantitative estimate of drug-likeness (QED) is 0.332. The second-order valence-corrected chi connectivity index (χ2v) is 14.4. The molecule has 170 valence electrons. The van der Waals surface area contributed by atoms with Gasteiger partial charge in [0.25, 0.3) is 0 Å². The predicted molar refractivity (Wildman–Crippen MR) is 139 cm³/mol. The van der Waals surface area contributed by atoms with E-state index in [9.17, 15) is 0 Å². The van der Waals surface area contributed by atoms with Gasteiger partial charge in [0.1, 0.15) is 0 Å². The number of allylic oxidation sites excluding steroid dienone is 8. The van der Waals surface area contributed by atoms with Crippen LogP contribution in [0.25, 0.3) is 21.5 Å². The zero-order valence-corrected chi connectivity index (χ0v) is 23.2. The van der Waals surface area contributed by atoms with Crippen molar-refractivity contribution in [1.82, 2.24) is 0 Å². The van der Waals surface area contributed by atoms with Crippen LogP contribution in [0.3, 0.4) is 0 Å². The van der Waals surface area contributed by atoms with E-state index in [-0.39, 0.29) is 24.8 Å². The number of rotatable bonds is 5. The summed E-state index contributed by atoms with van der Waals surface area (Å²) in [5.74, 6) is 0. The molecule has 0 unspecified atom stereocenters. The molecule has 0 heterocycles. The Hall–Kier alpha value is -2.31. The first-order chi connectivity index (χ1) is 16.4. The van der Waals surface area contributed by atoms with Gasteiger partial charge in [0.2, 0.25) is 0 Å². The molecule has 0 fully saturated rings. The second-order valence-electron chi connectivity index (χ2n) is 8.56. The van der Waals surface area contributed by atoms with Gasteiger partial charge in [-0.05, 0) is 0 Å². The van der Waals surface area contributed by atoms with Crippen molar-refractivity contribution in [1.29, 1.82) is 0 Å². The summed E-state index contributed by atoms with van der Waals surface area (Å²) in [4.78, 5) is 2.53. The summed E-state index contributed by atoms with van der Waals surface area (Å²) in [7, 11) is 0. The van der Waals surface area contributed by atoms with E-state index in [2.05, 4.69) is 131 Å². The summed E-state index contributed by atoms with van der Waals surface area (Å²) in [6.07, 6.45) is 16.1. The third kappa shape index (κ3) is 5.14. The molecule has 0 aliphatic heterocycles. The van der Waals surface area contributed by atoms with E-state index in [4.69, 9.17) is 0 Å². The minimum atomic E-state index is -2.23. The molecule has 0 amide bonds. The minimum Gasteiger partial charge on any atom is -1.00 e. The van der Waals surface area contributed by atoms with Crippen molar-refractivity contribution in [2.24, 2.45) is 0 Å². The average Bonchev–Trinajstić information content (AvgIpc) is 3.60. The molecule has 0 radical (unpaired) electrons. The summed E-state index contributed by atoms with van der Waals surface area (Å²) >= 11 is -2.23. The molecule has 2 aliphatic rings. The molecule has 5 heteroatoms. The van der Waals surface area contributed by atoms with Gasteiger partial charge in [0.05, 0.1) is 0 Å². The molecule has 0 N–H and O–H groups in total. The molecule has 0 atom stereocenters. The van der Waals surface area contributed by atoms with Crippen LogP contribution in [0.1, 0.15) is 12.8 Å². The number of anilines is 2. The standard InChI is InChI=1S/C20H14BN.2C5H5.2ClH.Zr/c21-22(19-13-5-9-15-7-1-3-11-17(15)19)20-14-6-10-16-8-2-4-12-18(16)20;2*1-2-4-5-3-1;;;/h1-14H;2*1-3H,4H2;2*1H;/q;;;;;+2/p-2. The van der Waals surface area contributed by atoms with Crippen LogP contribution in [-0.2, 0) is 21.0 Å². The fraction of sp³-hybridized carbons (Fsp3) is 0.0667. The van der Waals surface area contributed by atoms with E-state index in [0.717, 1.165) is 12.8 Å². The van der Waals surface area contributed by atoms with Crippen molar-refractivity contribution in [2.45, 2.75) is 12.8 Å². The summed E-state index contributed by atoms with van der Waals surface area (Å²) in [6.45, 7) is 0. The van der Waals surface area contributed by atoms with Gasteiger partial charge < -0.3 is 24.8 Å². The number of fused-ring (bicyclic) bond motifs is 2. The zero-order chi connectivity index (χ0) is 22.0. The summed E-state index contributed by atoms with van der Waals surface area (Å²) in [6, 6.07) is 30.9. The first-order valence-corrected chi connectivity index (χ1v) is 15.4. The fourth-order valence-electron chi connectivity index (χ4n) is 4.90. The Balaban J connectivity index is 0.00000144. The van der Waals surface area contributed by atoms with E-state index in [0.29, 0.717) is 0 Å². The molecule has 0 spiro atoms. The van der Waals surface area contributed by atoms with Crippen LogP contribution in [0.15, 0.2) is 128 Å². The van der Waals surface area contributed by atoms with Crippen molar-refractivity contribution in [3.63, 3.8) is 0 Å². The smallest absolute Gasteiger partial charge is 1.00 e. The maximum Gasteiger partial charge on any atom is -1.00 e. The van der Waals surface area contributed by atoms with Gasteiger partial charge in [-0.3, -0.25) is 0 Å². The van der Waals surface area contributed by atoms with Gasteiger partial charge in [-0.1, -0.05) is 0 Å². The van der Waals surface area contributed by atoms with Gasteiger partial charge in [0, 0.05) is 0 Å². The van der Waals surface area contributed by atoms with Crippen molar-refractivity contribution in [2.75, 3.05) is 4.81 Å². The normalized spacial score (nSPS) is 13.3. The fourth-order valence-corrected chi connectivity index (χ4v) is 11.1. The minimum absolute atomic E-state index is 0. The maximum atomic E-state index is 2.64. The van der Waals surface area contributed by atoms with E-state index in [1.165, 1.54) is 32.9 Å². The van der Waals surface area contributed by atoms with Crippen LogP contribution < -0.4 is 29.6 Å². The van der Waals surface area contributed by atoms with E-state index in [1.807, 2.05) is 0 Å². The van der Waals surface area contributed by atoms with Crippen molar-refractivity contribution >= 4 is 37.4 Å². The van der Waals surface area contributed by atoms with Crippen molar-refractivity contribution in [3.8, 4) is 0 Å².